The zero-order valence-corrected chi connectivity index (χ0v) is 25.2. The van der Waals surface area contributed by atoms with Crippen molar-refractivity contribution >= 4 is 17.5 Å². The molecule has 3 fully saturated rings. The monoisotopic (exact) mass is 536 g/mol. The molecule has 3 heteroatoms. The van der Waals surface area contributed by atoms with Crippen LogP contribution in [0.4, 0.5) is 0 Å². The van der Waals surface area contributed by atoms with Crippen LogP contribution in [0.15, 0.2) is 46.9 Å². The molecule has 0 spiro atoms. The SMILES string of the molecule is C[C@]12CCC(=O)C=C1C[C@@H](CCCCCCCCCSc1ccccc1)C1C2CC[C@@]2(C)C1CC[C@]2(C)O. The number of carbonyl (C=O) groups is 1. The van der Waals surface area contributed by atoms with Crippen molar-refractivity contribution < 1.29 is 9.90 Å². The number of fused-ring (bicyclic) bond motifs is 5. The third kappa shape index (κ3) is 5.58. The van der Waals surface area contributed by atoms with Crippen molar-refractivity contribution in [3.05, 3.63) is 42.0 Å². The Morgan fingerprint density at radius 3 is 2.32 bits per heavy atom. The minimum absolute atomic E-state index is 0.0628. The van der Waals surface area contributed by atoms with Crippen LogP contribution in [-0.4, -0.2) is 22.2 Å². The molecular weight excluding hydrogens is 484 g/mol. The van der Waals surface area contributed by atoms with Crippen LogP contribution >= 0.6 is 11.8 Å². The molecule has 0 aliphatic heterocycles. The summed E-state index contributed by atoms with van der Waals surface area (Å²) in [7, 11) is 0. The predicted molar refractivity (Wildman–Crippen MR) is 160 cm³/mol. The molecule has 0 aromatic heterocycles. The minimum Gasteiger partial charge on any atom is -0.390 e. The van der Waals surface area contributed by atoms with Crippen LogP contribution in [0.2, 0.25) is 0 Å². The van der Waals surface area contributed by atoms with E-state index >= 15 is 0 Å². The Kier molecular flexibility index (Phi) is 8.85. The first-order valence-corrected chi connectivity index (χ1v) is 16.9. The van der Waals surface area contributed by atoms with Crippen LogP contribution in [0, 0.1) is 34.5 Å². The van der Waals surface area contributed by atoms with Crippen LogP contribution < -0.4 is 0 Å². The quantitative estimate of drug-likeness (QED) is 0.226. The molecule has 0 bridgehead atoms. The standard InChI is InChI=1S/C35H52O2S/c1-33-20-17-28(36)25-27(33)24-26(32-30(33)18-21-34(2)31(32)19-22-35(34,3)37)14-10-7-5-4-6-8-13-23-38-29-15-11-9-12-16-29/h9,11-12,15-16,25-26,30-32,37H,4-8,10,13-14,17-24H2,1-3H3/t26-,30?,31?,32?,33+,34+,35+/m1/s1. The maximum absolute atomic E-state index is 12.4. The highest BCUT2D eigenvalue weighted by atomic mass is 32.2. The molecular formula is C35H52O2S. The van der Waals surface area contributed by atoms with Gasteiger partial charge in [0.05, 0.1) is 5.60 Å². The molecule has 0 radical (unpaired) electrons. The predicted octanol–water partition coefficient (Wildman–Crippen LogP) is 9.41. The van der Waals surface area contributed by atoms with Gasteiger partial charge in [-0.1, -0.05) is 76.1 Å². The molecule has 4 aliphatic carbocycles. The summed E-state index contributed by atoms with van der Waals surface area (Å²) in [5.41, 5.74) is 1.24. The number of benzene rings is 1. The zero-order valence-electron chi connectivity index (χ0n) is 24.4. The molecule has 1 aromatic rings. The molecule has 38 heavy (non-hydrogen) atoms. The third-order valence-electron chi connectivity index (χ3n) is 11.9. The Morgan fingerprint density at radius 1 is 0.868 bits per heavy atom. The number of allylic oxidation sites excluding steroid dienone is 1. The lowest BCUT2D eigenvalue weighted by Crippen LogP contribution is -2.56. The van der Waals surface area contributed by atoms with Crippen LogP contribution in [0.5, 0.6) is 0 Å². The molecule has 2 nitrogen and oxygen atoms in total. The molecule has 0 amide bonds. The summed E-state index contributed by atoms with van der Waals surface area (Å²) in [5, 5.41) is 11.4. The lowest BCUT2D eigenvalue weighted by molar-refractivity contribution is -0.135. The van der Waals surface area contributed by atoms with Crippen LogP contribution in [-0.2, 0) is 4.79 Å². The fourth-order valence-corrected chi connectivity index (χ4v) is 10.3. The highest BCUT2D eigenvalue weighted by Gasteiger charge is 2.64. The highest BCUT2D eigenvalue weighted by Crippen LogP contribution is 2.69. The Balaban J connectivity index is 1.12. The Labute approximate surface area is 236 Å². The van der Waals surface area contributed by atoms with Gasteiger partial charge in [-0.15, -0.1) is 11.8 Å². The Morgan fingerprint density at radius 2 is 1.55 bits per heavy atom. The van der Waals surface area contributed by atoms with E-state index in [4.69, 9.17) is 0 Å². The lowest BCUT2D eigenvalue weighted by Gasteiger charge is -2.61. The molecule has 3 saturated carbocycles. The van der Waals surface area contributed by atoms with Gasteiger partial charge < -0.3 is 5.11 Å². The Hall–Kier alpha value is -1.06. The summed E-state index contributed by atoms with van der Waals surface area (Å²) in [6, 6.07) is 10.8. The second-order valence-electron chi connectivity index (χ2n) is 14.0. The van der Waals surface area contributed by atoms with E-state index in [-0.39, 0.29) is 10.8 Å². The van der Waals surface area contributed by atoms with Crippen molar-refractivity contribution in [2.45, 2.75) is 128 Å². The highest BCUT2D eigenvalue weighted by molar-refractivity contribution is 7.99. The van der Waals surface area contributed by atoms with Gasteiger partial charge in [0.1, 0.15) is 0 Å². The number of hydrogen-bond acceptors (Lipinski definition) is 3. The molecule has 0 saturated heterocycles. The number of ketones is 1. The summed E-state index contributed by atoms with van der Waals surface area (Å²) < 4.78 is 0. The maximum atomic E-state index is 12.4. The summed E-state index contributed by atoms with van der Waals surface area (Å²) in [6.45, 7) is 7.03. The smallest absolute Gasteiger partial charge is 0.155 e. The van der Waals surface area contributed by atoms with E-state index in [9.17, 15) is 9.90 Å². The summed E-state index contributed by atoms with van der Waals surface area (Å²) in [5.74, 6) is 4.35. The van der Waals surface area contributed by atoms with Gasteiger partial charge in [-0.25, -0.2) is 0 Å². The molecule has 0 heterocycles. The molecule has 1 aromatic carbocycles. The fourth-order valence-electron chi connectivity index (χ4n) is 9.34. The summed E-state index contributed by atoms with van der Waals surface area (Å²) in [4.78, 5) is 13.8. The lowest BCUT2D eigenvalue weighted by atomic mass is 9.44. The molecule has 7 atom stereocenters. The van der Waals surface area contributed by atoms with Gasteiger partial charge in [0, 0.05) is 11.3 Å². The second-order valence-corrected chi connectivity index (χ2v) is 15.2. The summed E-state index contributed by atoms with van der Waals surface area (Å²) >= 11 is 1.99. The van der Waals surface area contributed by atoms with Gasteiger partial charge in [-0.2, -0.15) is 0 Å². The first kappa shape index (κ1) is 28.5. The number of aliphatic hydroxyl groups is 1. The van der Waals surface area contributed by atoms with Gasteiger partial charge in [0.2, 0.25) is 0 Å². The van der Waals surface area contributed by atoms with E-state index < -0.39 is 5.60 Å². The molecule has 4 aliphatic rings. The number of thioether (sulfide) groups is 1. The van der Waals surface area contributed by atoms with Gasteiger partial charge in [-0.05, 0) is 117 Å². The number of carbonyl (C=O) groups excluding carboxylic acids is 1. The van der Waals surface area contributed by atoms with Crippen LogP contribution in [0.25, 0.3) is 0 Å². The van der Waals surface area contributed by atoms with Gasteiger partial charge >= 0.3 is 0 Å². The average Bonchev–Trinajstić information content (AvgIpc) is 3.15. The maximum Gasteiger partial charge on any atom is 0.155 e. The normalized spacial score (nSPS) is 38.3. The molecule has 3 unspecified atom stereocenters. The van der Waals surface area contributed by atoms with E-state index in [0.717, 1.165) is 38.0 Å². The molecule has 210 valence electrons. The zero-order chi connectivity index (χ0) is 26.8. The minimum atomic E-state index is -0.521. The van der Waals surface area contributed by atoms with Crippen molar-refractivity contribution in [3.63, 3.8) is 0 Å². The van der Waals surface area contributed by atoms with Crippen LogP contribution in [0.1, 0.15) is 117 Å². The largest absolute Gasteiger partial charge is 0.390 e. The van der Waals surface area contributed by atoms with Crippen LogP contribution in [0.3, 0.4) is 0 Å². The van der Waals surface area contributed by atoms with Crippen molar-refractivity contribution in [3.8, 4) is 0 Å². The van der Waals surface area contributed by atoms with Crippen molar-refractivity contribution in [2.75, 3.05) is 5.75 Å². The van der Waals surface area contributed by atoms with Crippen molar-refractivity contribution in [1.82, 2.24) is 0 Å². The topological polar surface area (TPSA) is 37.3 Å². The van der Waals surface area contributed by atoms with Crippen molar-refractivity contribution in [1.29, 1.82) is 0 Å². The second kappa shape index (κ2) is 11.8. The first-order chi connectivity index (χ1) is 18.2. The summed E-state index contributed by atoms with van der Waals surface area (Å²) in [6.07, 6.45) is 20.3. The fraction of sp³-hybridized carbons (Fsp3) is 0.743. The van der Waals surface area contributed by atoms with Gasteiger partial charge in [-0.3, -0.25) is 4.79 Å². The van der Waals surface area contributed by atoms with E-state index in [2.05, 4.69) is 57.2 Å². The van der Waals surface area contributed by atoms with E-state index in [0.29, 0.717) is 23.5 Å². The van der Waals surface area contributed by atoms with E-state index in [1.807, 2.05) is 11.8 Å². The number of hydrogen-bond donors (Lipinski definition) is 1. The Bertz CT molecular complexity index is 983. The number of rotatable bonds is 11. The molecule has 5 rings (SSSR count). The first-order valence-electron chi connectivity index (χ1n) is 15.9. The third-order valence-corrected chi connectivity index (χ3v) is 13.0. The van der Waals surface area contributed by atoms with Gasteiger partial charge in [0.25, 0.3) is 0 Å². The number of unbranched alkanes of at least 4 members (excludes halogenated alkanes) is 6. The van der Waals surface area contributed by atoms with E-state index in [1.54, 1.807) is 0 Å². The van der Waals surface area contributed by atoms with Crippen molar-refractivity contribution in [2.24, 2.45) is 34.5 Å². The van der Waals surface area contributed by atoms with E-state index in [1.165, 1.54) is 80.4 Å². The van der Waals surface area contributed by atoms with Gasteiger partial charge in [0.15, 0.2) is 5.78 Å². The molecule has 1 N–H and O–H groups in total. The average molecular weight is 537 g/mol.